The van der Waals surface area contributed by atoms with Gasteiger partial charge in [0.05, 0.1) is 12.8 Å². The first-order valence-electron chi connectivity index (χ1n) is 8.12. The van der Waals surface area contributed by atoms with Gasteiger partial charge < -0.3 is 14.5 Å². The van der Waals surface area contributed by atoms with E-state index < -0.39 is 0 Å². The normalized spacial score (nSPS) is 13.7. The molecule has 1 aliphatic rings. The number of aromatic nitrogens is 3. The molecule has 1 aliphatic carbocycles. The number of para-hydroxylation sites is 1. The summed E-state index contributed by atoms with van der Waals surface area (Å²) in [6.45, 7) is 1.89. The average Bonchev–Trinajstić information content (AvgIpc) is 3.25. The summed E-state index contributed by atoms with van der Waals surface area (Å²) in [5.74, 6) is 1.87. The van der Waals surface area contributed by atoms with Crippen molar-refractivity contribution in [2.45, 2.75) is 25.7 Å². The molecule has 1 aromatic carbocycles. The molecular formula is C18H18N4O3. The monoisotopic (exact) mass is 338 g/mol. The summed E-state index contributed by atoms with van der Waals surface area (Å²) in [5.41, 5.74) is 2.85. The molecule has 3 aromatic rings. The smallest absolute Gasteiger partial charge is 0.279 e. The number of carbonyl (C=O) groups is 1. The van der Waals surface area contributed by atoms with Gasteiger partial charge in [-0.15, -0.1) is 0 Å². The number of carbonyl (C=O) groups excluding carboxylic acids is 1. The number of hydrogen-bond donors (Lipinski definition) is 2. The molecule has 25 heavy (non-hydrogen) atoms. The lowest BCUT2D eigenvalue weighted by molar-refractivity contribution is 0.102. The SMILES string of the molecule is COc1ccccc1-c1[nH]nc(NC(=O)c2ncoc2C2CC2)c1C. The maximum absolute atomic E-state index is 12.5. The minimum absolute atomic E-state index is 0.308. The Labute approximate surface area is 144 Å². The molecule has 0 spiro atoms. The molecule has 0 aliphatic heterocycles. The fourth-order valence-electron chi connectivity index (χ4n) is 2.86. The van der Waals surface area contributed by atoms with Gasteiger partial charge in [0, 0.05) is 17.0 Å². The number of methoxy groups -OCH3 is 1. The number of ether oxygens (including phenoxy) is 1. The standard InChI is InChI=1S/C18H18N4O3/c1-10-14(12-5-3-4-6-13(12)24-2)21-22-17(10)20-18(23)15-16(11-7-8-11)25-9-19-15/h3-6,9,11H,7-8H2,1-2H3,(H2,20,21,22,23). The molecule has 1 amide bonds. The molecule has 0 atom stereocenters. The molecule has 0 saturated heterocycles. The highest BCUT2D eigenvalue weighted by Crippen LogP contribution is 2.41. The van der Waals surface area contributed by atoms with Crippen LogP contribution in [0, 0.1) is 6.92 Å². The van der Waals surface area contributed by atoms with Crippen molar-refractivity contribution in [1.29, 1.82) is 0 Å². The minimum atomic E-state index is -0.308. The number of rotatable bonds is 5. The van der Waals surface area contributed by atoms with Gasteiger partial charge in [0.15, 0.2) is 17.9 Å². The molecule has 2 heterocycles. The molecule has 1 saturated carbocycles. The van der Waals surface area contributed by atoms with E-state index in [1.165, 1.54) is 6.39 Å². The Morgan fingerprint density at radius 3 is 2.92 bits per heavy atom. The fourth-order valence-corrected chi connectivity index (χ4v) is 2.86. The van der Waals surface area contributed by atoms with Crippen LogP contribution in [0.5, 0.6) is 5.75 Å². The van der Waals surface area contributed by atoms with Crippen LogP contribution in [0.1, 0.15) is 40.6 Å². The lowest BCUT2D eigenvalue weighted by Crippen LogP contribution is -2.15. The van der Waals surface area contributed by atoms with E-state index in [-0.39, 0.29) is 5.91 Å². The van der Waals surface area contributed by atoms with Gasteiger partial charge in [-0.25, -0.2) is 4.98 Å². The Morgan fingerprint density at radius 1 is 1.36 bits per heavy atom. The van der Waals surface area contributed by atoms with Crippen molar-refractivity contribution in [1.82, 2.24) is 15.2 Å². The molecular weight excluding hydrogens is 320 g/mol. The minimum Gasteiger partial charge on any atom is -0.496 e. The Morgan fingerprint density at radius 2 is 2.16 bits per heavy atom. The summed E-state index contributed by atoms with van der Waals surface area (Å²) in [6, 6.07) is 7.65. The zero-order valence-electron chi connectivity index (χ0n) is 14.0. The molecule has 1 fully saturated rings. The maximum Gasteiger partial charge on any atom is 0.279 e. The van der Waals surface area contributed by atoms with E-state index >= 15 is 0 Å². The van der Waals surface area contributed by atoms with E-state index in [2.05, 4.69) is 20.5 Å². The van der Waals surface area contributed by atoms with Gasteiger partial charge in [-0.2, -0.15) is 5.10 Å². The van der Waals surface area contributed by atoms with Crippen LogP contribution in [0.15, 0.2) is 35.1 Å². The predicted molar refractivity (Wildman–Crippen MR) is 91.7 cm³/mol. The zero-order valence-corrected chi connectivity index (χ0v) is 14.0. The molecule has 0 bridgehead atoms. The quantitative estimate of drug-likeness (QED) is 0.742. The van der Waals surface area contributed by atoms with Crippen LogP contribution in [-0.4, -0.2) is 28.2 Å². The summed E-state index contributed by atoms with van der Waals surface area (Å²) in [6.07, 6.45) is 3.39. The van der Waals surface area contributed by atoms with Crippen LogP contribution >= 0.6 is 0 Å². The number of aromatic amines is 1. The second kappa shape index (κ2) is 6.08. The van der Waals surface area contributed by atoms with Crippen LogP contribution in [0.25, 0.3) is 11.3 Å². The molecule has 128 valence electrons. The first kappa shape index (κ1) is 15.4. The average molecular weight is 338 g/mol. The zero-order chi connectivity index (χ0) is 17.4. The first-order chi connectivity index (χ1) is 12.2. The van der Waals surface area contributed by atoms with Crippen LogP contribution in [-0.2, 0) is 0 Å². The predicted octanol–water partition coefficient (Wildman–Crippen LogP) is 3.51. The molecule has 2 N–H and O–H groups in total. The lowest BCUT2D eigenvalue weighted by atomic mass is 10.1. The highest BCUT2D eigenvalue weighted by molar-refractivity contribution is 6.03. The van der Waals surface area contributed by atoms with Crippen LogP contribution < -0.4 is 10.1 Å². The lowest BCUT2D eigenvalue weighted by Gasteiger charge is -2.07. The molecule has 7 heteroatoms. The van der Waals surface area contributed by atoms with Gasteiger partial charge in [0.25, 0.3) is 5.91 Å². The Hall–Kier alpha value is -3.09. The van der Waals surface area contributed by atoms with Crippen LogP contribution in [0.2, 0.25) is 0 Å². The van der Waals surface area contributed by atoms with Crippen molar-refractivity contribution in [2.24, 2.45) is 0 Å². The summed E-state index contributed by atoms with van der Waals surface area (Å²) in [5, 5.41) is 10.0. The van der Waals surface area contributed by atoms with Gasteiger partial charge in [0.1, 0.15) is 11.5 Å². The van der Waals surface area contributed by atoms with Gasteiger partial charge in [-0.3, -0.25) is 9.89 Å². The van der Waals surface area contributed by atoms with Crippen molar-refractivity contribution in [2.75, 3.05) is 12.4 Å². The number of amides is 1. The topological polar surface area (TPSA) is 93.0 Å². The van der Waals surface area contributed by atoms with E-state index in [9.17, 15) is 4.79 Å². The number of benzene rings is 1. The Kier molecular flexibility index (Phi) is 3.76. The third-order valence-corrected chi connectivity index (χ3v) is 4.38. The summed E-state index contributed by atoms with van der Waals surface area (Å²) < 4.78 is 10.8. The number of nitrogens with zero attached hydrogens (tertiary/aromatic N) is 2. The molecule has 2 aromatic heterocycles. The molecule has 4 rings (SSSR count). The number of hydrogen-bond acceptors (Lipinski definition) is 5. The van der Waals surface area contributed by atoms with E-state index in [1.807, 2.05) is 31.2 Å². The van der Waals surface area contributed by atoms with Crippen molar-refractivity contribution in [3.8, 4) is 17.0 Å². The third-order valence-electron chi connectivity index (χ3n) is 4.38. The fraction of sp³-hybridized carbons (Fsp3) is 0.278. The Bertz CT molecular complexity index is 924. The van der Waals surface area contributed by atoms with Gasteiger partial charge >= 0.3 is 0 Å². The number of anilines is 1. The van der Waals surface area contributed by atoms with E-state index in [0.717, 1.165) is 35.4 Å². The van der Waals surface area contributed by atoms with E-state index in [1.54, 1.807) is 7.11 Å². The van der Waals surface area contributed by atoms with E-state index in [4.69, 9.17) is 9.15 Å². The highest BCUT2D eigenvalue weighted by atomic mass is 16.5. The highest BCUT2D eigenvalue weighted by Gasteiger charge is 2.32. The van der Waals surface area contributed by atoms with Crippen LogP contribution in [0.3, 0.4) is 0 Å². The van der Waals surface area contributed by atoms with Crippen LogP contribution in [0.4, 0.5) is 5.82 Å². The summed E-state index contributed by atoms with van der Waals surface area (Å²) in [4.78, 5) is 16.6. The molecule has 0 radical (unpaired) electrons. The third kappa shape index (κ3) is 2.77. The molecule has 0 unspecified atom stereocenters. The number of oxazole rings is 1. The largest absolute Gasteiger partial charge is 0.496 e. The Balaban J connectivity index is 1.61. The van der Waals surface area contributed by atoms with Crippen molar-refractivity contribution >= 4 is 11.7 Å². The van der Waals surface area contributed by atoms with Crippen molar-refractivity contribution in [3.05, 3.63) is 47.7 Å². The van der Waals surface area contributed by atoms with Gasteiger partial charge in [-0.1, -0.05) is 12.1 Å². The van der Waals surface area contributed by atoms with Crippen molar-refractivity contribution in [3.63, 3.8) is 0 Å². The second-order valence-corrected chi connectivity index (χ2v) is 6.07. The molecule has 7 nitrogen and oxygen atoms in total. The second-order valence-electron chi connectivity index (χ2n) is 6.07. The van der Waals surface area contributed by atoms with Gasteiger partial charge in [0.2, 0.25) is 0 Å². The summed E-state index contributed by atoms with van der Waals surface area (Å²) in [7, 11) is 1.62. The number of H-pyrrole nitrogens is 1. The van der Waals surface area contributed by atoms with E-state index in [0.29, 0.717) is 23.2 Å². The first-order valence-corrected chi connectivity index (χ1v) is 8.12. The number of nitrogens with one attached hydrogen (secondary N) is 2. The van der Waals surface area contributed by atoms with Crippen molar-refractivity contribution < 1.29 is 13.9 Å². The summed E-state index contributed by atoms with van der Waals surface area (Å²) >= 11 is 0. The maximum atomic E-state index is 12.5. The van der Waals surface area contributed by atoms with Gasteiger partial charge in [-0.05, 0) is 31.9 Å².